The van der Waals surface area contributed by atoms with E-state index < -0.39 is 35.0 Å². The number of cyclic esters (lactones) is 1. The van der Waals surface area contributed by atoms with Gasteiger partial charge in [-0.1, -0.05) is 49.4 Å². The number of carbonyl (C=O) groups is 4. The van der Waals surface area contributed by atoms with Gasteiger partial charge in [0, 0.05) is 80.0 Å². The lowest BCUT2D eigenvalue weighted by atomic mass is 9.54. The number of ketones is 2. The third kappa shape index (κ3) is 5.53. The van der Waals surface area contributed by atoms with Crippen LogP contribution < -0.4 is 10.3 Å². The number of hydrogen-bond donors (Lipinski definition) is 1. The molecule has 0 radical (unpaired) electrons. The Morgan fingerprint density at radius 2 is 1.76 bits per heavy atom. The molecule has 5 atom stereocenters. The number of rotatable bonds is 5. The fourth-order valence-electron chi connectivity index (χ4n) is 9.34. The maximum absolute atomic E-state index is 13.7. The van der Waals surface area contributed by atoms with Crippen molar-refractivity contribution in [2.24, 2.45) is 11.3 Å². The highest BCUT2D eigenvalue weighted by Crippen LogP contribution is 2.61. The molecule has 0 amide bonds. The third-order valence-corrected chi connectivity index (χ3v) is 11.9. The molecule has 2 aliphatic heterocycles. The summed E-state index contributed by atoms with van der Waals surface area (Å²) in [6, 6.07) is 17.3. The Labute approximate surface area is 310 Å². The molecule has 0 spiro atoms. The number of furan rings is 1. The number of nitrogens with zero attached hydrogens (tertiary/aromatic N) is 1. The number of carbonyl (C=O) groups excluding carboxylic acids is 4. The molecule has 1 saturated heterocycles. The van der Waals surface area contributed by atoms with Gasteiger partial charge in [0.15, 0.2) is 17.1 Å². The Morgan fingerprint density at radius 3 is 2.48 bits per heavy atom. The zero-order valence-corrected chi connectivity index (χ0v) is 30.3. The van der Waals surface area contributed by atoms with Crippen molar-refractivity contribution in [3.05, 3.63) is 99.1 Å². The van der Waals surface area contributed by atoms with Gasteiger partial charge in [0.2, 0.25) is 5.78 Å². The third-order valence-electron chi connectivity index (χ3n) is 11.9. The quantitative estimate of drug-likeness (QED) is 0.254. The predicted molar refractivity (Wildman–Crippen MR) is 195 cm³/mol. The summed E-state index contributed by atoms with van der Waals surface area (Å²) >= 11 is 0. The highest BCUT2D eigenvalue weighted by molar-refractivity contribution is 6.14. The number of aliphatic hydroxyl groups excluding tert-OH is 1. The number of allylic oxidation sites excluding steroid dienone is 1. The van der Waals surface area contributed by atoms with Gasteiger partial charge in [-0.05, 0) is 30.5 Å². The Hall–Kier alpha value is -5.33. The summed E-state index contributed by atoms with van der Waals surface area (Å²) in [7, 11) is 0. The highest BCUT2D eigenvalue weighted by Gasteiger charge is 2.64. The van der Waals surface area contributed by atoms with E-state index in [0.29, 0.717) is 59.6 Å². The first-order valence-corrected chi connectivity index (χ1v) is 18.4. The second-order valence-corrected chi connectivity index (χ2v) is 14.9. The molecule has 2 aromatic carbocycles. The van der Waals surface area contributed by atoms with E-state index in [-0.39, 0.29) is 53.7 Å². The molecule has 1 saturated carbocycles. The van der Waals surface area contributed by atoms with E-state index in [2.05, 4.69) is 4.90 Å². The normalized spacial score (nSPS) is 27.1. The number of ether oxygens (including phenoxy) is 3. The second kappa shape index (κ2) is 13.5. The molecule has 12 nitrogen and oxygen atoms in total. The molecule has 2 fully saturated rings. The average Bonchev–Trinajstić information content (AvgIpc) is 3.75. The van der Waals surface area contributed by atoms with E-state index in [1.165, 1.54) is 13.2 Å². The van der Waals surface area contributed by atoms with Gasteiger partial charge in [-0.25, -0.2) is 4.79 Å². The maximum atomic E-state index is 13.7. The molecular formula is C42H41NO11. The number of para-hydroxylation sites is 1. The lowest BCUT2D eigenvalue weighted by molar-refractivity contribution is -0.149. The molecule has 0 bridgehead atoms. The average molecular weight is 736 g/mol. The molecule has 280 valence electrons. The summed E-state index contributed by atoms with van der Waals surface area (Å²) < 4.78 is 28.5. The van der Waals surface area contributed by atoms with Crippen LogP contribution in [0.4, 0.5) is 5.88 Å². The van der Waals surface area contributed by atoms with Crippen LogP contribution in [0.1, 0.15) is 72.9 Å². The van der Waals surface area contributed by atoms with Gasteiger partial charge in [0.25, 0.3) is 0 Å². The standard InChI is InChI=1S/C23H24O8.C19H17NO3/c1-10(25)30-13-8-22(2)12(4-5-14(22)26)16-18(13)23(3)15(6-7-24)31-21(28)11-9-29-20(17(11)23)19(16)27;21-17-13-18(20-9-11-22-12-10-20)23-19-15(7-4-8-16(17)19)14-5-2-1-3-6-14/h9,12-13,15,24H,4-8H2,1-3H3;1-8,13H,9-12H2/t12?,13?,15?,22-,23-;/m0./s1. The second-order valence-electron chi connectivity index (χ2n) is 14.9. The molecule has 3 aliphatic carbocycles. The van der Waals surface area contributed by atoms with Crippen molar-refractivity contribution in [1.29, 1.82) is 0 Å². The summed E-state index contributed by atoms with van der Waals surface area (Å²) in [6.07, 6.45) is 0.919. The van der Waals surface area contributed by atoms with E-state index in [1.54, 1.807) is 6.07 Å². The van der Waals surface area contributed by atoms with Gasteiger partial charge >= 0.3 is 11.9 Å². The van der Waals surface area contributed by atoms with Crippen molar-refractivity contribution >= 4 is 40.4 Å². The van der Waals surface area contributed by atoms with Crippen molar-refractivity contribution < 1.29 is 47.3 Å². The van der Waals surface area contributed by atoms with E-state index >= 15 is 0 Å². The zero-order chi connectivity index (χ0) is 37.9. The largest absolute Gasteiger partial charge is 0.460 e. The Kier molecular flexibility index (Phi) is 8.93. The van der Waals surface area contributed by atoms with Gasteiger partial charge in [0.1, 0.15) is 35.4 Å². The van der Waals surface area contributed by atoms with E-state index in [4.69, 9.17) is 23.0 Å². The molecule has 4 heterocycles. The number of aliphatic hydroxyl groups is 1. The Balaban J connectivity index is 0.000000160. The summed E-state index contributed by atoms with van der Waals surface area (Å²) in [6.45, 7) is 7.52. The van der Waals surface area contributed by atoms with Crippen molar-refractivity contribution in [2.75, 3.05) is 37.8 Å². The van der Waals surface area contributed by atoms with Crippen LogP contribution in [0.2, 0.25) is 0 Å². The summed E-state index contributed by atoms with van der Waals surface area (Å²) in [5.74, 6) is -1.10. The molecule has 12 heteroatoms. The highest BCUT2D eigenvalue weighted by atomic mass is 16.6. The van der Waals surface area contributed by atoms with Crippen LogP contribution in [-0.4, -0.2) is 73.7 Å². The maximum Gasteiger partial charge on any atom is 0.342 e. The zero-order valence-electron chi connectivity index (χ0n) is 30.3. The van der Waals surface area contributed by atoms with E-state index in [1.807, 2.05) is 62.4 Å². The van der Waals surface area contributed by atoms with Crippen LogP contribution in [0.15, 0.2) is 85.6 Å². The van der Waals surface area contributed by atoms with Crippen molar-refractivity contribution in [3.8, 4) is 11.1 Å². The monoisotopic (exact) mass is 735 g/mol. The van der Waals surface area contributed by atoms with Crippen LogP contribution >= 0.6 is 0 Å². The molecule has 54 heavy (non-hydrogen) atoms. The lowest BCUT2D eigenvalue weighted by Gasteiger charge is -2.51. The molecule has 5 aliphatic rings. The van der Waals surface area contributed by atoms with Gasteiger partial charge in [0.05, 0.1) is 24.0 Å². The number of hydrogen-bond acceptors (Lipinski definition) is 12. The molecule has 4 aromatic rings. The van der Waals surface area contributed by atoms with Crippen molar-refractivity contribution in [3.63, 3.8) is 0 Å². The summed E-state index contributed by atoms with van der Waals surface area (Å²) in [5, 5.41) is 10.3. The Morgan fingerprint density at radius 1 is 1.00 bits per heavy atom. The van der Waals surface area contributed by atoms with Crippen LogP contribution in [0, 0.1) is 11.3 Å². The smallest absolute Gasteiger partial charge is 0.342 e. The molecule has 2 aromatic heterocycles. The Bertz CT molecular complexity index is 2280. The van der Waals surface area contributed by atoms with Gasteiger partial charge in [-0.15, -0.1) is 0 Å². The molecule has 9 rings (SSSR count). The summed E-state index contributed by atoms with van der Waals surface area (Å²) in [4.78, 5) is 65.7. The minimum absolute atomic E-state index is 0.00878. The van der Waals surface area contributed by atoms with Crippen LogP contribution in [-0.2, 0) is 29.2 Å². The molecular weight excluding hydrogens is 694 g/mol. The van der Waals surface area contributed by atoms with E-state index in [9.17, 15) is 29.1 Å². The number of benzene rings is 2. The SMILES string of the molecule is CC(=O)OC1C[C@]2(C)C(=O)CCC2C2=C1[C@]1(C)c3c(coc3C2=O)C(=O)OC1CCO.O=c1cc(N2CCOCC2)oc2c(-c3ccccc3)cccc12. The fraction of sp³-hybridized carbons (Fsp3) is 0.405. The fourth-order valence-corrected chi connectivity index (χ4v) is 9.34. The van der Waals surface area contributed by atoms with Crippen molar-refractivity contribution in [1.82, 2.24) is 0 Å². The van der Waals surface area contributed by atoms with Crippen molar-refractivity contribution in [2.45, 2.75) is 64.1 Å². The first-order valence-electron chi connectivity index (χ1n) is 18.4. The number of Topliss-reactive ketones (excluding diaryl/α,β-unsaturated/α-hetero) is 2. The van der Waals surface area contributed by atoms with Crippen LogP contribution in [0.5, 0.6) is 0 Å². The minimum atomic E-state index is -1.02. The minimum Gasteiger partial charge on any atom is -0.460 e. The first kappa shape index (κ1) is 35.7. The van der Waals surface area contributed by atoms with Crippen LogP contribution in [0.25, 0.3) is 22.1 Å². The predicted octanol–water partition coefficient (Wildman–Crippen LogP) is 5.57. The number of esters is 2. The number of anilines is 1. The summed E-state index contributed by atoms with van der Waals surface area (Å²) in [5.41, 5.74) is 2.38. The number of fused-ring (bicyclic) bond motifs is 4. The van der Waals surface area contributed by atoms with E-state index in [0.717, 1.165) is 24.2 Å². The first-order chi connectivity index (χ1) is 26.0. The van der Waals surface area contributed by atoms with Crippen LogP contribution in [0.3, 0.4) is 0 Å². The number of morpholine rings is 1. The molecule has 1 N–H and O–H groups in total. The molecule has 3 unspecified atom stereocenters. The van der Waals surface area contributed by atoms with Gasteiger partial charge < -0.3 is 33.1 Å². The van der Waals surface area contributed by atoms with Gasteiger partial charge in [-0.3, -0.25) is 19.2 Å². The van der Waals surface area contributed by atoms with Gasteiger partial charge in [-0.2, -0.15) is 0 Å². The lowest BCUT2D eigenvalue weighted by Crippen LogP contribution is -2.56. The topological polar surface area (TPSA) is 163 Å².